The van der Waals surface area contributed by atoms with Crippen molar-refractivity contribution < 1.29 is 27.8 Å². The molecule has 216 valence electrons. The first-order valence-electron chi connectivity index (χ1n) is 12.6. The van der Waals surface area contributed by atoms with E-state index < -0.39 is 23.4 Å². The van der Waals surface area contributed by atoms with Crippen molar-refractivity contribution in [3.05, 3.63) is 84.9 Å². The molecule has 3 aromatic heterocycles. The molecule has 0 saturated heterocycles. The van der Waals surface area contributed by atoms with E-state index >= 15 is 0 Å². The largest absolute Gasteiger partial charge is 0.424 e. The summed E-state index contributed by atoms with van der Waals surface area (Å²) in [5.41, 5.74) is 0.692. The maximum absolute atomic E-state index is 12.9. The van der Waals surface area contributed by atoms with Gasteiger partial charge in [0.25, 0.3) is 0 Å². The van der Waals surface area contributed by atoms with Crippen LogP contribution in [0.4, 0.5) is 35.2 Å². The summed E-state index contributed by atoms with van der Waals surface area (Å²) in [5.74, 6) is 1.06. The number of carbonyl (C=O) groups is 1. The Hall–Kier alpha value is -5.24. The van der Waals surface area contributed by atoms with Crippen LogP contribution in [0.25, 0.3) is 16.8 Å². The predicted octanol–water partition coefficient (Wildman–Crippen LogP) is 5.82. The minimum Gasteiger partial charge on any atom is -0.424 e. The zero-order chi connectivity index (χ0) is 29.9. The van der Waals surface area contributed by atoms with Gasteiger partial charge in [0.05, 0.1) is 35.4 Å². The zero-order valence-electron chi connectivity index (χ0n) is 22.3. The summed E-state index contributed by atoms with van der Waals surface area (Å²) >= 11 is 0. The first-order chi connectivity index (χ1) is 19.9. The summed E-state index contributed by atoms with van der Waals surface area (Å²) in [5, 5.41) is 22.2. The lowest BCUT2D eigenvalue weighted by molar-refractivity contribution is -0.137. The minimum atomic E-state index is -4.52. The van der Waals surface area contributed by atoms with Gasteiger partial charge in [-0.25, -0.2) is 24.3 Å². The average molecular weight is 579 g/mol. The number of rotatable bonds is 8. The Balaban J connectivity index is 1.20. The number of nitrogens with one attached hydrogen (secondary N) is 3. The molecular weight excluding hydrogens is 553 g/mol. The summed E-state index contributed by atoms with van der Waals surface area (Å²) in [4.78, 5) is 25.0. The highest BCUT2D eigenvalue weighted by atomic mass is 19.4. The number of aliphatic hydroxyl groups is 1. The zero-order valence-corrected chi connectivity index (χ0v) is 22.3. The molecule has 0 bridgehead atoms. The Kier molecular flexibility index (Phi) is 7.63. The number of hydrogen-bond acceptors (Lipinski definition) is 8. The number of amides is 2. The number of urea groups is 1. The Bertz CT molecular complexity index is 1700. The van der Waals surface area contributed by atoms with Crippen molar-refractivity contribution in [2.45, 2.75) is 25.6 Å². The molecular formula is C28H25F3N8O3. The number of ether oxygens (including phenoxy) is 1. The Morgan fingerprint density at radius 3 is 2.38 bits per heavy atom. The fourth-order valence-corrected chi connectivity index (χ4v) is 3.79. The Morgan fingerprint density at radius 2 is 1.69 bits per heavy atom. The molecule has 4 N–H and O–H groups in total. The SMILES string of the molecule is CC(C)(O)CNc1ccn2ncc(-c3ccc(Oc4ncc(NC(=O)Nc5cccc(C(F)(F)F)c5)cn4)cc3)c2n1. The van der Waals surface area contributed by atoms with E-state index in [1.807, 2.05) is 12.1 Å². The molecule has 0 aliphatic rings. The quantitative estimate of drug-likeness (QED) is 0.181. The minimum absolute atomic E-state index is 0.0191. The van der Waals surface area contributed by atoms with E-state index in [4.69, 9.17) is 4.74 Å². The smallest absolute Gasteiger partial charge is 0.416 e. The number of aromatic nitrogens is 5. The van der Waals surface area contributed by atoms with E-state index in [0.29, 0.717) is 23.8 Å². The molecule has 5 rings (SSSR count). The van der Waals surface area contributed by atoms with Crippen LogP contribution in [-0.2, 0) is 6.18 Å². The second-order valence-electron chi connectivity index (χ2n) is 9.84. The molecule has 14 heteroatoms. The van der Waals surface area contributed by atoms with E-state index in [2.05, 4.69) is 36.0 Å². The van der Waals surface area contributed by atoms with E-state index in [9.17, 15) is 23.1 Å². The highest BCUT2D eigenvalue weighted by Crippen LogP contribution is 2.31. The van der Waals surface area contributed by atoms with Crippen LogP contribution in [0.1, 0.15) is 19.4 Å². The van der Waals surface area contributed by atoms with E-state index in [1.165, 1.54) is 24.5 Å². The predicted molar refractivity (Wildman–Crippen MR) is 149 cm³/mol. The molecule has 0 unspecified atom stereocenters. The molecule has 0 fully saturated rings. The second kappa shape index (κ2) is 11.3. The fraction of sp³-hybridized carbons (Fsp3) is 0.179. The van der Waals surface area contributed by atoms with E-state index in [-0.39, 0.29) is 17.4 Å². The van der Waals surface area contributed by atoms with Gasteiger partial charge in [-0.15, -0.1) is 0 Å². The molecule has 0 spiro atoms. The molecule has 5 aromatic rings. The van der Waals surface area contributed by atoms with Crippen LogP contribution in [-0.4, -0.2) is 47.8 Å². The van der Waals surface area contributed by atoms with E-state index in [0.717, 1.165) is 23.3 Å². The van der Waals surface area contributed by atoms with Crippen molar-refractivity contribution in [1.29, 1.82) is 0 Å². The fourth-order valence-electron chi connectivity index (χ4n) is 3.79. The van der Waals surface area contributed by atoms with Gasteiger partial charge in [0.1, 0.15) is 11.6 Å². The number of nitrogens with zero attached hydrogens (tertiary/aromatic N) is 5. The molecule has 2 aromatic carbocycles. The number of benzene rings is 2. The molecule has 0 atom stereocenters. The van der Waals surface area contributed by atoms with Gasteiger partial charge < -0.3 is 25.8 Å². The van der Waals surface area contributed by atoms with Crippen LogP contribution in [0.3, 0.4) is 0 Å². The molecule has 0 radical (unpaired) electrons. The van der Waals surface area contributed by atoms with Gasteiger partial charge in [-0.1, -0.05) is 18.2 Å². The lowest BCUT2D eigenvalue weighted by atomic mass is 10.1. The van der Waals surface area contributed by atoms with Gasteiger partial charge >= 0.3 is 18.2 Å². The molecule has 3 heterocycles. The van der Waals surface area contributed by atoms with Crippen molar-refractivity contribution in [3.8, 4) is 22.9 Å². The average Bonchev–Trinajstić information content (AvgIpc) is 3.36. The van der Waals surface area contributed by atoms with E-state index in [1.54, 1.807) is 49.0 Å². The van der Waals surface area contributed by atoms with Gasteiger partial charge in [0, 0.05) is 24.0 Å². The van der Waals surface area contributed by atoms with Crippen molar-refractivity contribution in [2.75, 3.05) is 22.5 Å². The molecule has 0 aliphatic heterocycles. The van der Waals surface area contributed by atoms with Gasteiger partial charge in [0.2, 0.25) is 0 Å². The second-order valence-corrected chi connectivity index (χ2v) is 9.84. The summed E-state index contributed by atoms with van der Waals surface area (Å²) in [6.07, 6.45) is 1.56. The molecule has 11 nitrogen and oxygen atoms in total. The lowest BCUT2D eigenvalue weighted by Crippen LogP contribution is -2.29. The van der Waals surface area contributed by atoms with Gasteiger partial charge in [-0.3, -0.25) is 0 Å². The first kappa shape index (κ1) is 28.3. The number of fused-ring (bicyclic) bond motifs is 1. The van der Waals surface area contributed by atoms with Gasteiger partial charge in [-0.05, 0) is 55.8 Å². The summed E-state index contributed by atoms with van der Waals surface area (Å²) in [6, 6.07) is 12.4. The number of hydrogen-bond donors (Lipinski definition) is 4. The lowest BCUT2D eigenvalue weighted by Gasteiger charge is -2.18. The number of anilines is 3. The third-order valence-corrected chi connectivity index (χ3v) is 5.78. The maximum Gasteiger partial charge on any atom is 0.416 e. The number of halogens is 3. The highest BCUT2D eigenvalue weighted by molar-refractivity contribution is 5.99. The Labute approximate surface area is 237 Å². The van der Waals surface area contributed by atoms with Crippen molar-refractivity contribution in [1.82, 2.24) is 24.6 Å². The van der Waals surface area contributed by atoms with Crippen LogP contribution < -0.4 is 20.7 Å². The Morgan fingerprint density at radius 1 is 0.976 bits per heavy atom. The molecule has 0 aliphatic carbocycles. The third-order valence-electron chi connectivity index (χ3n) is 5.78. The molecule has 0 saturated carbocycles. The van der Waals surface area contributed by atoms with Gasteiger partial charge in [-0.2, -0.15) is 18.3 Å². The van der Waals surface area contributed by atoms with Crippen LogP contribution in [0.2, 0.25) is 0 Å². The topological polar surface area (TPSA) is 139 Å². The van der Waals surface area contributed by atoms with Crippen molar-refractivity contribution in [2.24, 2.45) is 0 Å². The molecule has 2 amide bonds. The van der Waals surface area contributed by atoms with Gasteiger partial charge in [0.15, 0.2) is 5.65 Å². The van der Waals surface area contributed by atoms with Crippen LogP contribution in [0, 0.1) is 0 Å². The summed E-state index contributed by atoms with van der Waals surface area (Å²) in [7, 11) is 0. The number of carbonyl (C=O) groups excluding carboxylic acids is 1. The standard InChI is InChI=1S/C28H25F3N8O3/c1-27(2,41)16-34-23-10-11-39-24(38-23)22(15-35-39)17-6-8-21(9-7-17)42-26-32-13-20(14-33-26)37-25(40)36-19-5-3-4-18(12-19)28(29,30)31/h3-15,41H,16H2,1-2H3,(H,34,38)(H2,36,37,40). The monoisotopic (exact) mass is 578 g/mol. The summed E-state index contributed by atoms with van der Waals surface area (Å²) < 4.78 is 46.0. The van der Waals surface area contributed by atoms with Crippen LogP contribution in [0.5, 0.6) is 11.8 Å². The van der Waals surface area contributed by atoms with Crippen molar-refractivity contribution >= 4 is 28.9 Å². The van der Waals surface area contributed by atoms with Crippen molar-refractivity contribution in [3.63, 3.8) is 0 Å². The normalized spacial score (nSPS) is 11.8. The highest BCUT2D eigenvalue weighted by Gasteiger charge is 2.30. The molecule has 42 heavy (non-hydrogen) atoms. The van der Waals surface area contributed by atoms with Crippen LogP contribution >= 0.6 is 0 Å². The summed E-state index contributed by atoms with van der Waals surface area (Å²) in [6.45, 7) is 3.74. The van der Waals surface area contributed by atoms with Crippen LogP contribution in [0.15, 0.2) is 79.4 Å². The maximum atomic E-state index is 12.9. The first-order valence-corrected chi connectivity index (χ1v) is 12.6. The third kappa shape index (κ3) is 7.09. The number of alkyl halides is 3.